The second-order valence-corrected chi connectivity index (χ2v) is 7.05. The minimum atomic E-state index is -3.45. The van der Waals surface area contributed by atoms with E-state index in [1.54, 1.807) is 24.3 Å². The summed E-state index contributed by atoms with van der Waals surface area (Å²) in [6, 6.07) is 6.78. The van der Waals surface area contributed by atoms with E-state index in [2.05, 4.69) is 20.7 Å². The highest BCUT2D eigenvalue weighted by Crippen LogP contribution is 2.44. The van der Waals surface area contributed by atoms with E-state index >= 15 is 0 Å². The lowest BCUT2D eigenvalue weighted by molar-refractivity contribution is 0.500. The summed E-state index contributed by atoms with van der Waals surface area (Å²) >= 11 is 3.24. The van der Waals surface area contributed by atoms with Crippen LogP contribution in [0.1, 0.15) is 12.8 Å². The SMILES string of the molecule is NCC1(CNS(=O)(=O)c2ccccc2Br)CC1. The lowest BCUT2D eigenvalue weighted by atomic mass is 10.1. The van der Waals surface area contributed by atoms with Crippen LogP contribution < -0.4 is 10.5 Å². The van der Waals surface area contributed by atoms with Crippen LogP contribution >= 0.6 is 15.9 Å². The third-order valence-electron chi connectivity index (χ3n) is 3.15. The number of rotatable bonds is 5. The van der Waals surface area contributed by atoms with Crippen LogP contribution in [0, 0.1) is 5.41 Å². The molecular formula is C11H15BrN2O2S. The maximum atomic E-state index is 12.1. The number of nitrogens with one attached hydrogen (secondary N) is 1. The van der Waals surface area contributed by atoms with Crippen molar-refractivity contribution in [2.75, 3.05) is 13.1 Å². The Morgan fingerprint density at radius 2 is 2.00 bits per heavy atom. The van der Waals surface area contributed by atoms with Crippen molar-refractivity contribution < 1.29 is 8.42 Å². The summed E-state index contributed by atoms with van der Waals surface area (Å²) in [5.74, 6) is 0. The molecule has 1 saturated carbocycles. The van der Waals surface area contributed by atoms with E-state index in [0.29, 0.717) is 17.6 Å². The molecule has 3 N–H and O–H groups in total. The largest absolute Gasteiger partial charge is 0.330 e. The number of nitrogens with two attached hydrogens (primary N) is 1. The van der Waals surface area contributed by atoms with Crippen LogP contribution in [0.25, 0.3) is 0 Å². The molecule has 0 aliphatic heterocycles. The maximum absolute atomic E-state index is 12.1. The first kappa shape index (κ1) is 13.0. The van der Waals surface area contributed by atoms with Crippen LogP contribution in [0.15, 0.2) is 33.6 Å². The maximum Gasteiger partial charge on any atom is 0.241 e. The molecule has 1 aliphatic rings. The first-order chi connectivity index (χ1) is 7.99. The Balaban J connectivity index is 2.12. The molecule has 1 aliphatic carbocycles. The topological polar surface area (TPSA) is 72.2 Å². The molecule has 0 saturated heterocycles. The fourth-order valence-corrected chi connectivity index (χ4v) is 3.78. The monoisotopic (exact) mass is 318 g/mol. The fourth-order valence-electron chi connectivity index (χ4n) is 1.62. The molecule has 6 heteroatoms. The van der Waals surface area contributed by atoms with Gasteiger partial charge in [-0.15, -0.1) is 0 Å². The van der Waals surface area contributed by atoms with Crippen molar-refractivity contribution in [1.29, 1.82) is 0 Å². The molecule has 1 aromatic carbocycles. The van der Waals surface area contributed by atoms with E-state index in [-0.39, 0.29) is 10.3 Å². The lowest BCUT2D eigenvalue weighted by Gasteiger charge is -2.14. The van der Waals surface area contributed by atoms with Gasteiger partial charge >= 0.3 is 0 Å². The number of benzene rings is 1. The highest BCUT2D eigenvalue weighted by molar-refractivity contribution is 9.10. The van der Waals surface area contributed by atoms with Gasteiger partial charge in [-0.3, -0.25) is 0 Å². The highest BCUT2D eigenvalue weighted by Gasteiger charge is 2.41. The Bertz CT molecular complexity index is 512. The molecule has 2 rings (SSSR count). The molecule has 17 heavy (non-hydrogen) atoms. The summed E-state index contributed by atoms with van der Waals surface area (Å²) in [5, 5.41) is 0. The second kappa shape index (κ2) is 4.68. The Morgan fingerprint density at radius 3 is 2.53 bits per heavy atom. The van der Waals surface area contributed by atoms with Crippen molar-refractivity contribution in [3.63, 3.8) is 0 Å². The molecule has 1 aromatic rings. The minimum absolute atomic E-state index is 0.00563. The smallest absolute Gasteiger partial charge is 0.241 e. The first-order valence-corrected chi connectivity index (χ1v) is 7.71. The molecular weight excluding hydrogens is 304 g/mol. The number of halogens is 1. The van der Waals surface area contributed by atoms with Crippen molar-refractivity contribution in [2.24, 2.45) is 11.1 Å². The Hall–Kier alpha value is -0.430. The van der Waals surface area contributed by atoms with Gasteiger partial charge in [-0.05, 0) is 52.9 Å². The van der Waals surface area contributed by atoms with E-state index in [0.717, 1.165) is 12.8 Å². The van der Waals surface area contributed by atoms with Gasteiger partial charge in [0.15, 0.2) is 0 Å². The van der Waals surface area contributed by atoms with Gasteiger partial charge in [0.05, 0.1) is 4.90 Å². The second-order valence-electron chi connectivity index (χ2n) is 4.46. The lowest BCUT2D eigenvalue weighted by Crippen LogP contribution is -2.34. The quantitative estimate of drug-likeness (QED) is 0.863. The molecule has 0 heterocycles. The summed E-state index contributed by atoms with van der Waals surface area (Å²) in [5.41, 5.74) is 5.62. The number of hydrogen-bond donors (Lipinski definition) is 2. The standard InChI is InChI=1S/C11H15BrN2O2S/c12-9-3-1-2-4-10(9)17(15,16)14-8-11(7-13)5-6-11/h1-4,14H,5-8,13H2. The van der Waals surface area contributed by atoms with Gasteiger partial charge in [-0.1, -0.05) is 12.1 Å². The predicted octanol–water partition coefficient (Wildman–Crippen LogP) is 1.47. The normalized spacial score (nSPS) is 18.0. The Kier molecular flexibility index (Phi) is 3.58. The molecule has 0 unspecified atom stereocenters. The summed E-state index contributed by atoms with van der Waals surface area (Å²) in [7, 11) is -3.45. The van der Waals surface area contributed by atoms with E-state index in [4.69, 9.17) is 5.73 Å². The van der Waals surface area contributed by atoms with Crippen LogP contribution in [0.2, 0.25) is 0 Å². The van der Waals surface area contributed by atoms with Gasteiger partial charge < -0.3 is 5.73 Å². The van der Waals surface area contributed by atoms with Crippen LogP contribution in [0.4, 0.5) is 0 Å². The summed E-state index contributed by atoms with van der Waals surface area (Å²) in [6.45, 7) is 0.957. The van der Waals surface area contributed by atoms with E-state index < -0.39 is 10.0 Å². The molecule has 0 spiro atoms. The van der Waals surface area contributed by atoms with Crippen molar-refractivity contribution in [3.8, 4) is 0 Å². The van der Waals surface area contributed by atoms with E-state index in [9.17, 15) is 8.42 Å². The zero-order chi connectivity index (χ0) is 12.5. The summed E-state index contributed by atoms with van der Waals surface area (Å²) in [6.07, 6.45) is 2.00. The van der Waals surface area contributed by atoms with Gasteiger partial charge in [0.2, 0.25) is 10.0 Å². The molecule has 4 nitrogen and oxygen atoms in total. The van der Waals surface area contributed by atoms with Crippen LogP contribution in [0.3, 0.4) is 0 Å². The van der Waals surface area contributed by atoms with Crippen molar-refractivity contribution >= 4 is 26.0 Å². The number of hydrogen-bond acceptors (Lipinski definition) is 3. The first-order valence-electron chi connectivity index (χ1n) is 5.43. The third kappa shape index (κ3) is 2.88. The van der Waals surface area contributed by atoms with Crippen LogP contribution in [-0.2, 0) is 10.0 Å². The average Bonchev–Trinajstić information content (AvgIpc) is 3.08. The molecule has 0 amide bonds. The van der Waals surface area contributed by atoms with E-state index in [1.165, 1.54) is 0 Å². The van der Waals surface area contributed by atoms with Crippen LogP contribution in [-0.4, -0.2) is 21.5 Å². The van der Waals surface area contributed by atoms with Crippen LogP contribution in [0.5, 0.6) is 0 Å². The molecule has 94 valence electrons. The van der Waals surface area contributed by atoms with Gasteiger partial charge in [-0.25, -0.2) is 13.1 Å². The predicted molar refractivity (Wildman–Crippen MR) is 70.1 cm³/mol. The molecule has 0 aromatic heterocycles. The van der Waals surface area contributed by atoms with Crippen molar-refractivity contribution in [3.05, 3.63) is 28.7 Å². The minimum Gasteiger partial charge on any atom is -0.330 e. The van der Waals surface area contributed by atoms with Crippen molar-refractivity contribution in [2.45, 2.75) is 17.7 Å². The Morgan fingerprint density at radius 1 is 1.35 bits per heavy atom. The summed E-state index contributed by atoms with van der Waals surface area (Å²) in [4.78, 5) is 0.271. The molecule has 0 atom stereocenters. The molecule has 0 radical (unpaired) electrons. The molecule has 0 bridgehead atoms. The fraction of sp³-hybridized carbons (Fsp3) is 0.455. The Labute approximate surface area is 110 Å². The van der Waals surface area contributed by atoms with Gasteiger partial charge in [0.25, 0.3) is 0 Å². The van der Waals surface area contributed by atoms with Crippen molar-refractivity contribution in [1.82, 2.24) is 4.72 Å². The number of sulfonamides is 1. The third-order valence-corrected chi connectivity index (χ3v) is 5.57. The van der Waals surface area contributed by atoms with Gasteiger partial charge in [0, 0.05) is 11.0 Å². The van der Waals surface area contributed by atoms with Gasteiger partial charge in [0.1, 0.15) is 0 Å². The van der Waals surface area contributed by atoms with Gasteiger partial charge in [-0.2, -0.15) is 0 Å². The molecule has 1 fully saturated rings. The summed E-state index contributed by atoms with van der Waals surface area (Å²) < 4.78 is 27.3. The zero-order valence-corrected chi connectivity index (χ0v) is 11.7. The zero-order valence-electron chi connectivity index (χ0n) is 9.32. The van der Waals surface area contributed by atoms with E-state index in [1.807, 2.05) is 0 Å². The highest BCUT2D eigenvalue weighted by atomic mass is 79.9. The average molecular weight is 319 g/mol.